The lowest BCUT2D eigenvalue weighted by atomic mass is 9.97. The zero-order valence-corrected chi connectivity index (χ0v) is 15.9. The molecule has 146 valence electrons. The second-order valence-corrected chi connectivity index (χ2v) is 7.28. The predicted molar refractivity (Wildman–Crippen MR) is 107 cm³/mol. The quantitative estimate of drug-likeness (QED) is 0.697. The first kappa shape index (κ1) is 17.6. The molecule has 1 atom stereocenters. The number of ether oxygens (including phenoxy) is 1. The molecule has 2 amide bonds. The lowest BCUT2D eigenvalue weighted by molar-refractivity contribution is 0.167. The zero-order valence-electron chi connectivity index (χ0n) is 15.9. The summed E-state index contributed by atoms with van der Waals surface area (Å²) in [7, 11) is 0. The molecule has 0 radical (unpaired) electrons. The molecule has 0 saturated heterocycles. The van der Waals surface area contributed by atoms with E-state index < -0.39 is 6.10 Å². The molecule has 0 fully saturated rings. The molecule has 1 N–H and O–H groups in total. The van der Waals surface area contributed by atoms with Crippen LogP contribution in [0.3, 0.4) is 0 Å². The summed E-state index contributed by atoms with van der Waals surface area (Å²) in [4.78, 5) is 22.9. The Balaban J connectivity index is 1.49. The van der Waals surface area contributed by atoms with Gasteiger partial charge in [0.25, 0.3) is 0 Å². The van der Waals surface area contributed by atoms with Gasteiger partial charge in [0.2, 0.25) is 0 Å². The van der Waals surface area contributed by atoms with Gasteiger partial charge in [0, 0.05) is 18.5 Å². The van der Waals surface area contributed by atoms with Gasteiger partial charge in [-0.05, 0) is 55.2 Å². The van der Waals surface area contributed by atoms with Crippen molar-refractivity contribution in [3.05, 3.63) is 77.1 Å². The number of anilines is 2. The van der Waals surface area contributed by atoms with Gasteiger partial charge in [-0.15, -0.1) is 0 Å². The minimum atomic E-state index is -0.447. The van der Waals surface area contributed by atoms with Gasteiger partial charge in [-0.25, -0.2) is 9.18 Å². The smallest absolute Gasteiger partial charge is 0.326 e. The van der Waals surface area contributed by atoms with E-state index in [1.54, 1.807) is 29.4 Å². The number of fused-ring (bicyclic) bond motifs is 2. The third kappa shape index (κ3) is 3.08. The van der Waals surface area contributed by atoms with E-state index in [0.717, 1.165) is 34.6 Å². The van der Waals surface area contributed by atoms with Crippen LogP contribution in [0.4, 0.5) is 20.6 Å². The number of nitrogens with one attached hydrogen (secondary N) is 1. The van der Waals surface area contributed by atoms with Crippen LogP contribution in [0.15, 0.2) is 48.8 Å². The summed E-state index contributed by atoms with van der Waals surface area (Å²) < 4.78 is 20.3. The molecule has 4 heterocycles. The van der Waals surface area contributed by atoms with Crippen LogP contribution in [-0.4, -0.2) is 16.0 Å². The summed E-state index contributed by atoms with van der Waals surface area (Å²) in [6.45, 7) is 2.35. The number of pyridine rings is 2. The third-order valence-electron chi connectivity index (χ3n) is 5.39. The first-order valence-electron chi connectivity index (χ1n) is 9.53. The molecule has 0 spiro atoms. The highest BCUT2D eigenvalue weighted by Gasteiger charge is 2.29. The number of urea groups is 1. The molecule has 2 aliphatic heterocycles. The molecule has 2 aromatic heterocycles. The minimum absolute atomic E-state index is 0.211. The first-order valence-corrected chi connectivity index (χ1v) is 9.53. The zero-order chi connectivity index (χ0) is 20.0. The van der Waals surface area contributed by atoms with Gasteiger partial charge in [0.05, 0.1) is 23.6 Å². The largest absolute Gasteiger partial charge is 0.484 e. The second-order valence-electron chi connectivity index (χ2n) is 7.28. The number of hydrogen-bond donors (Lipinski definition) is 1. The van der Waals surface area contributed by atoms with Crippen LogP contribution >= 0.6 is 0 Å². The summed E-state index contributed by atoms with van der Waals surface area (Å²) >= 11 is 0. The number of rotatable bonds is 2. The number of aryl methyl sites for hydroxylation is 2. The summed E-state index contributed by atoms with van der Waals surface area (Å²) in [5.41, 5.74) is 4.62. The van der Waals surface area contributed by atoms with Crippen LogP contribution in [0.1, 0.15) is 35.0 Å². The number of hydrogen-bond acceptors (Lipinski definition) is 4. The number of halogens is 1. The minimum Gasteiger partial charge on any atom is -0.484 e. The number of carbonyl (C=O) groups is 1. The Morgan fingerprint density at radius 2 is 2.03 bits per heavy atom. The van der Waals surface area contributed by atoms with E-state index in [1.165, 1.54) is 6.07 Å². The SMILES string of the molecule is Cc1cc2c(cc1N1Cc3ncccc3NC1=O)OC(c1ncccc1F)CC2. The molecule has 29 heavy (non-hydrogen) atoms. The van der Waals surface area contributed by atoms with Crippen molar-refractivity contribution in [2.75, 3.05) is 10.2 Å². The summed E-state index contributed by atoms with van der Waals surface area (Å²) in [6, 6.07) is 10.3. The van der Waals surface area contributed by atoms with E-state index in [0.29, 0.717) is 24.4 Å². The first-order chi connectivity index (χ1) is 14.1. The molecule has 5 rings (SSSR count). The van der Waals surface area contributed by atoms with Gasteiger partial charge in [-0.1, -0.05) is 6.07 Å². The van der Waals surface area contributed by atoms with Crippen LogP contribution in [0.2, 0.25) is 0 Å². The average Bonchev–Trinajstić information content (AvgIpc) is 2.73. The molecule has 0 saturated carbocycles. The fraction of sp³-hybridized carbons (Fsp3) is 0.227. The molecule has 0 bridgehead atoms. The maximum atomic E-state index is 14.2. The second kappa shape index (κ2) is 6.84. The van der Waals surface area contributed by atoms with E-state index in [2.05, 4.69) is 15.3 Å². The Morgan fingerprint density at radius 3 is 2.90 bits per heavy atom. The van der Waals surface area contributed by atoms with Crippen molar-refractivity contribution in [2.45, 2.75) is 32.4 Å². The summed E-state index contributed by atoms with van der Waals surface area (Å²) in [5.74, 6) is 0.290. The fourth-order valence-electron chi connectivity index (χ4n) is 3.94. The van der Waals surface area contributed by atoms with E-state index in [1.807, 2.05) is 25.1 Å². The molecule has 7 heteroatoms. The van der Waals surface area contributed by atoms with Crippen molar-refractivity contribution in [2.24, 2.45) is 0 Å². The molecule has 1 unspecified atom stereocenters. The van der Waals surface area contributed by atoms with Gasteiger partial charge in [-0.3, -0.25) is 14.9 Å². The van der Waals surface area contributed by atoms with Gasteiger partial charge in [0.1, 0.15) is 23.4 Å². The molecule has 0 aliphatic carbocycles. The maximum absolute atomic E-state index is 14.2. The monoisotopic (exact) mass is 390 g/mol. The summed E-state index contributed by atoms with van der Waals surface area (Å²) in [5, 5.41) is 2.88. The van der Waals surface area contributed by atoms with E-state index >= 15 is 0 Å². The highest BCUT2D eigenvalue weighted by molar-refractivity contribution is 6.04. The van der Waals surface area contributed by atoms with Gasteiger partial charge >= 0.3 is 6.03 Å². The van der Waals surface area contributed by atoms with Gasteiger partial charge in [-0.2, -0.15) is 0 Å². The van der Waals surface area contributed by atoms with Crippen LogP contribution in [0.5, 0.6) is 5.75 Å². The number of amides is 2. The molecular weight excluding hydrogens is 371 g/mol. The average molecular weight is 390 g/mol. The van der Waals surface area contributed by atoms with Crippen LogP contribution < -0.4 is 15.0 Å². The Kier molecular flexibility index (Phi) is 4.16. The molecule has 6 nitrogen and oxygen atoms in total. The standard InChI is InChI=1S/C22H19FN4O2/c1-13-10-14-6-7-19(21-15(23)4-2-9-25-21)29-20(14)11-18(13)27-12-17-16(26-22(27)28)5-3-8-24-17/h2-5,8-11,19H,6-7,12H2,1H3,(H,26,28). The number of carbonyl (C=O) groups excluding carboxylic acids is 1. The molecular formula is C22H19FN4O2. The van der Waals surface area contributed by atoms with Gasteiger partial charge < -0.3 is 10.1 Å². The normalized spacial score (nSPS) is 17.8. The Morgan fingerprint density at radius 1 is 1.21 bits per heavy atom. The van der Waals surface area contributed by atoms with E-state index in [9.17, 15) is 9.18 Å². The van der Waals surface area contributed by atoms with E-state index in [-0.39, 0.29) is 11.8 Å². The molecule has 2 aliphatic rings. The van der Waals surface area contributed by atoms with E-state index in [4.69, 9.17) is 4.74 Å². The highest BCUT2D eigenvalue weighted by atomic mass is 19.1. The van der Waals surface area contributed by atoms with Crippen LogP contribution in [0, 0.1) is 12.7 Å². The number of aromatic nitrogens is 2. The van der Waals surface area contributed by atoms with Crippen molar-refractivity contribution in [3.63, 3.8) is 0 Å². The van der Waals surface area contributed by atoms with Crippen molar-refractivity contribution in [1.82, 2.24) is 9.97 Å². The van der Waals surface area contributed by atoms with Crippen molar-refractivity contribution < 1.29 is 13.9 Å². The van der Waals surface area contributed by atoms with Crippen molar-refractivity contribution >= 4 is 17.4 Å². The molecule has 1 aromatic carbocycles. The van der Waals surface area contributed by atoms with Crippen molar-refractivity contribution in [1.29, 1.82) is 0 Å². The number of benzene rings is 1. The fourth-order valence-corrected chi connectivity index (χ4v) is 3.94. The van der Waals surface area contributed by atoms with Crippen LogP contribution in [-0.2, 0) is 13.0 Å². The Bertz CT molecular complexity index is 1120. The lowest BCUT2D eigenvalue weighted by Gasteiger charge is -2.32. The maximum Gasteiger partial charge on any atom is 0.326 e. The topological polar surface area (TPSA) is 67.4 Å². The Labute approximate surface area is 167 Å². The van der Waals surface area contributed by atoms with Crippen molar-refractivity contribution in [3.8, 4) is 5.75 Å². The molecule has 3 aromatic rings. The number of nitrogens with zero attached hydrogens (tertiary/aromatic N) is 3. The predicted octanol–water partition coefficient (Wildman–Crippen LogP) is 4.54. The highest BCUT2D eigenvalue weighted by Crippen LogP contribution is 2.40. The summed E-state index contributed by atoms with van der Waals surface area (Å²) in [6.07, 6.45) is 4.25. The van der Waals surface area contributed by atoms with Crippen LogP contribution in [0.25, 0.3) is 0 Å². The lowest BCUT2D eigenvalue weighted by Crippen LogP contribution is -2.39. The van der Waals surface area contributed by atoms with Gasteiger partial charge in [0.15, 0.2) is 0 Å². The Hall–Kier alpha value is -3.48. The third-order valence-corrected chi connectivity index (χ3v) is 5.39.